The molecule has 5 nitrogen and oxygen atoms in total. The molecule has 0 spiro atoms. The topological polar surface area (TPSA) is 68.9 Å². The molecule has 80 valence electrons. The van der Waals surface area contributed by atoms with E-state index in [4.69, 9.17) is 0 Å². The van der Waals surface area contributed by atoms with Crippen molar-refractivity contribution in [2.75, 3.05) is 0 Å². The first-order chi connectivity index (χ1) is 7.66. The predicted octanol–water partition coefficient (Wildman–Crippen LogP) is 2.36. The number of nitrogens with zero attached hydrogens (tertiary/aromatic N) is 3. The van der Waals surface area contributed by atoms with Gasteiger partial charge < -0.3 is 10.1 Å². The number of aromatic nitrogens is 2. The molecular weight excluding hydrogens is 206 g/mol. The number of aryl methyl sites for hydroxylation is 1. The third-order valence-corrected chi connectivity index (χ3v) is 2.06. The van der Waals surface area contributed by atoms with Gasteiger partial charge in [-0.15, -0.1) is 0 Å². The molecule has 0 unspecified atom stereocenters. The Labute approximate surface area is 91.9 Å². The van der Waals surface area contributed by atoms with E-state index in [0.29, 0.717) is 11.5 Å². The first kappa shape index (κ1) is 10.2. The van der Waals surface area contributed by atoms with Crippen LogP contribution in [-0.2, 0) is 0 Å². The van der Waals surface area contributed by atoms with E-state index in [1.54, 1.807) is 6.92 Å². The van der Waals surface area contributed by atoms with Crippen molar-refractivity contribution in [3.05, 3.63) is 52.2 Å². The van der Waals surface area contributed by atoms with Crippen LogP contribution in [0.15, 0.2) is 36.4 Å². The van der Waals surface area contributed by atoms with Crippen LogP contribution < -0.4 is 0 Å². The Morgan fingerprint density at radius 2 is 1.88 bits per heavy atom. The van der Waals surface area contributed by atoms with E-state index < -0.39 is 4.92 Å². The van der Waals surface area contributed by atoms with Crippen LogP contribution in [0.5, 0.6) is 0 Å². The largest absolute Gasteiger partial charge is 0.367 e. The van der Waals surface area contributed by atoms with Gasteiger partial charge in [-0.1, -0.05) is 18.2 Å². The lowest BCUT2D eigenvalue weighted by molar-refractivity contribution is -0.389. The van der Waals surface area contributed by atoms with E-state index in [9.17, 15) is 10.1 Å². The Morgan fingerprint density at radius 1 is 1.19 bits per heavy atom. The summed E-state index contributed by atoms with van der Waals surface area (Å²) in [4.78, 5) is 18.2. The summed E-state index contributed by atoms with van der Waals surface area (Å²) in [6.45, 7) is 1.71. The fourth-order valence-electron chi connectivity index (χ4n) is 1.36. The fraction of sp³-hybridized carbons (Fsp3) is 0.0909. The zero-order valence-corrected chi connectivity index (χ0v) is 8.62. The zero-order chi connectivity index (χ0) is 11.5. The predicted molar refractivity (Wildman–Crippen MR) is 58.9 cm³/mol. The van der Waals surface area contributed by atoms with Crippen LogP contribution >= 0.6 is 0 Å². The summed E-state index contributed by atoms with van der Waals surface area (Å²) in [7, 11) is 0. The van der Waals surface area contributed by atoms with E-state index in [0.717, 1.165) is 5.56 Å². The van der Waals surface area contributed by atoms with Crippen molar-refractivity contribution in [1.82, 2.24) is 9.97 Å². The molecule has 0 atom stereocenters. The normalized spacial score (nSPS) is 10.1. The highest BCUT2D eigenvalue weighted by Gasteiger charge is 2.14. The molecule has 0 aliphatic heterocycles. The number of hydrogen-bond donors (Lipinski definition) is 0. The second kappa shape index (κ2) is 4.06. The third kappa shape index (κ3) is 2.03. The molecule has 0 fully saturated rings. The van der Waals surface area contributed by atoms with Crippen LogP contribution in [-0.4, -0.2) is 14.9 Å². The Morgan fingerprint density at radius 3 is 2.50 bits per heavy atom. The quantitative estimate of drug-likeness (QED) is 0.569. The van der Waals surface area contributed by atoms with Crippen molar-refractivity contribution in [3.63, 3.8) is 0 Å². The molecule has 0 amide bonds. The molecule has 0 aliphatic rings. The maximum atomic E-state index is 10.7. The summed E-state index contributed by atoms with van der Waals surface area (Å²) < 4.78 is 0. The van der Waals surface area contributed by atoms with Gasteiger partial charge in [0.05, 0.1) is 11.8 Å². The lowest BCUT2D eigenvalue weighted by atomic mass is 10.2. The molecule has 0 saturated heterocycles. The van der Waals surface area contributed by atoms with Crippen LogP contribution in [0.25, 0.3) is 11.4 Å². The molecule has 0 saturated carbocycles. The number of hydrogen-bond acceptors (Lipinski definition) is 4. The van der Waals surface area contributed by atoms with Gasteiger partial charge in [0.2, 0.25) is 0 Å². The van der Waals surface area contributed by atoms with Crippen LogP contribution in [0.4, 0.5) is 5.82 Å². The molecule has 1 heterocycles. The highest BCUT2D eigenvalue weighted by Crippen LogP contribution is 2.18. The van der Waals surface area contributed by atoms with E-state index >= 15 is 0 Å². The summed E-state index contributed by atoms with van der Waals surface area (Å²) in [6.07, 6.45) is 0. The smallest absolute Gasteiger partial charge is 0.358 e. The molecular formula is C11H9N3O2. The summed E-state index contributed by atoms with van der Waals surface area (Å²) in [5.41, 5.74) is 1.36. The van der Waals surface area contributed by atoms with Crippen molar-refractivity contribution >= 4 is 5.82 Å². The Bertz CT molecular complexity index is 526. The molecule has 0 aliphatic carbocycles. The Kier molecular flexibility index (Phi) is 2.59. The number of nitro groups is 1. The zero-order valence-electron chi connectivity index (χ0n) is 8.62. The second-order valence-electron chi connectivity index (χ2n) is 3.31. The van der Waals surface area contributed by atoms with Gasteiger partial charge in [0, 0.05) is 5.56 Å². The maximum absolute atomic E-state index is 10.7. The SMILES string of the molecule is Cc1cc([N+](=O)[O-])nc(-c2ccccc2)n1. The molecule has 5 heteroatoms. The molecule has 0 N–H and O–H groups in total. The lowest BCUT2D eigenvalue weighted by Gasteiger charge is -1.98. The van der Waals surface area contributed by atoms with Crippen LogP contribution in [0.2, 0.25) is 0 Å². The first-order valence-corrected chi connectivity index (χ1v) is 4.72. The van der Waals surface area contributed by atoms with Crippen LogP contribution in [0.3, 0.4) is 0 Å². The minimum absolute atomic E-state index is 0.175. The van der Waals surface area contributed by atoms with Crippen molar-refractivity contribution in [3.8, 4) is 11.4 Å². The fourth-order valence-corrected chi connectivity index (χ4v) is 1.36. The van der Waals surface area contributed by atoms with Gasteiger partial charge in [-0.25, -0.2) is 4.98 Å². The molecule has 2 aromatic rings. The molecule has 16 heavy (non-hydrogen) atoms. The van der Waals surface area contributed by atoms with Crippen LogP contribution in [0.1, 0.15) is 5.69 Å². The summed E-state index contributed by atoms with van der Waals surface area (Å²) in [5, 5.41) is 10.7. The van der Waals surface area contributed by atoms with E-state index in [1.165, 1.54) is 6.07 Å². The molecule has 1 aromatic carbocycles. The van der Waals surface area contributed by atoms with Crippen molar-refractivity contribution in [1.29, 1.82) is 0 Å². The monoisotopic (exact) mass is 215 g/mol. The minimum atomic E-state index is -0.513. The standard InChI is InChI=1S/C11H9N3O2/c1-8-7-10(14(15)16)13-11(12-8)9-5-3-2-4-6-9/h2-7H,1H3. The van der Waals surface area contributed by atoms with Gasteiger partial charge >= 0.3 is 5.82 Å². The molecule has 2 rings (SSSR count). The molecule has 1 aromatic heterocycles. The van der Waals surface area contributed by atoms with Gasteiger partial charge in [-0.05, 0) is 29.0 Å². The van der Waals surface area contributed by atoms with Crippen molar-refractivity contribution < 1.29 is 4.92 Å². The van der Waals surface area contributed by atoms with E-state index in [-0.39, 0.29) is 5.82 Å². The van der Waals surface area contributed by atoms with E-state index in [1.807, 2.05) is 30.3 Å². The first-order valence-electron chi connectivity index (χ1n) is 4.72. The highest BCUT2D eigenvalue weighted by atomic mass is 16.6. The van der Waals surface area contributed by atoms with Gasteiger partial charge in [-0.2, -0.15) is 0 Å². The Balaban J connectivity index is 2.54. The second-order valence-corrected chi connectivity index (χ2v) is 3.31. The van der Waals surface area contributed by atoms with Gasteiger partial charge in [0.25, 0.3) is 5.82 Å². The van der Waals surface area contributed by atoms with Gasteiger partial charge in [0.15, 0.2) is 0 Å². The highest BCUT2D eigenvalue weighted by molar-refractivity contribution is 5.55. The number of rotatable bonds is 2. The van der Waals surface area contributed by atoms with Gasteiger partial charge in [-0.3, -0.25) is 0 Å². The van der Waals surface area contributed by atoms with Crippen molar-refractivity contribution in [2.24, 2.45) is 0 Å². The molecule has 0 bridgehead atoms. The average molecular weight is 215 g/mol. The number of benzene rings is 1. The maximum Gasteiger partial charge on any atom is 0.367 e. The lowest BCUT2D eigenvalue weighted by Crippen LogP contribution is -1.98. The third-order valence-electron chi connectivity index (χ3n) is 2.06. The van der Waals surface area contributed by atoms with E-state index in [2.05, 4.69) is 9.97 Å². The summed E-state index contributed by atoms with van der Waals surface area (Å²) >= 11 is 0. The molecule has 0 radical (unpaired) electrons. The summed E-state index contributed by atoms with van der Waals surface area (Å²) in [5.74, 6) is 0.207. The van der Waals surface area contributed by atoms with Gasteiger partial charge in [0.1, 0.15) is 0 Å². The van der Waals surface area contributed by atoms with Crippen LogP contribution in [0, 0.1) is 17.0 Å². The Hall–Kier alpha value is -2.30. The average Bonchev–Trinajstić information content (AvgIpc) is 2.29. The summed E-state index contributed by atoms with van der Waals surface area (Å²) in [6, 6.07) is 10.5. The minimum Gasteiger partial charge on any atom is -0.358 e. The van der Waals surface area contributed by atoms with Crippen molar-refractivity contribution in [2.45, 2.75) is 6.92 Å².